The van der Waals surface area contributed by atoms with Crippen LogP contribution in [0, 0.1) is 0 Å². The van der Waals surface area contributed by atoms with Gasteiger partial charge in [-0.25, -0.2) is 13.7 Å². The molecule has 0 saturated heterocycles. The van der Waals surface area contributed by atoms with Crippen molar-refractivity contribution < 1.29 is 27.8 Å². The molecule has 2 aromatic heterocycles. The van der Waals surface area contributed by atoms with Gasteiger partial charge in [-0.15, -0.1) is 13.2 Å². The highest BCUT2D eigenvalue weighted by molar-refractivity contribution is 5.89. The van der Waals surface area contributed by atoms with E-state index in [0.717, 1.165) is 32.4 Å². The summed E-state index contributed by atoms with van der Waals surface area (Å²) in [6.07, 6.45) is 5.33. The monoisotopic (exact) mass is 576 g/mol. The summed E-state index contributed by atoms with van der Waals surface area (Å²) in [6.45, 7) is 9.57. The molecule has 41 heavy (non-hydrogen) atoms. The van der Waals surface area contributed by atoms with E-state index >= 15 is 0 Å². The van der Waals surface area contributed by atoms with Crippen molar-refractivity contribution in [2.24, 2.45) is 0 Å². The van der Waals surface area contributed by atoms with Crippen LogP contribution in [0.15, 0.2) is 74.1 Å². The molecule has 0 aliphatic rings. The lowest BCUT2D eigenvalue weighted by atomic mass is 10.1. The summed E-state index contributed by atoms with van der Waals surface area (Å²) in [5, 5.41) is 21.2. The van der Waals surface area contributed by atoms with Crippen LogP contribution in [0.5, 0.6) is 11.5 Å². The first-order valence-corrected chi connectivity index (χ1v) is 13.6. The predicted octanol–water partition coefficient (Wildman–Crippen LogP) is 7.32. The Bertz CT molecular complexity index is 1350. The third kappa shape index (κ3) is 9.68. The molecule has 0 unspecified atom stereocenters. The Hall–Kier alpha value is -3.76. The second-order valence-electron chi connectivity index (χ2n) is 9.03. The molecule has 6 nitrogen and oxygen atoms in total. The van der Waals surface area contributed by atoms with Gasteiger partial charge in [-0.1, -0.05) is 38.1 Å². The summed E-state index contributed by atoms with van der Waals surface area (Å²) in [5.74, 6) is 0.379. The number of aromatic amines is 2. The highest BCUT2D eigenvalue weighted by atomic mass is 19.3. The second kappa shape index (κ2) is 17.1. The largest absolute Gasteiger partial charge is 0.507 e. The Labute approximate surface area is 238 Å². The third-order valence-electron chi connectivity index (χ3n) is 6.32. The predicted molar refractivity (Wildman–Crippen MR) is 159 cm³/mol. The number of phenolic OH excluding ortho intramolecular Hbond substituents is 2. The van der Waals surface area contributed by atoms with Crippen molar-refractivity contribution in [3.63, 3.8) is 0 Å². The van der Waals surface area contributed by atoms with E-state index in [1.807, 2.05) is 32.2 Å². The van der Waals surface area contributed by atoms with Gasteiger partial charge < -0.3 is 20.2 Å². The number of aromatic hydroxyl groups is 2. The van der Waals surface area contributed by atoms with Crippen LogP contribution in [-0.2, 0) is 12.8 Å². The van der Waals surface area contributed by atoms with Gasteiger partial charge in [-0.2, -0.15) is 8.78 Å². The van der Waals surface area contributed by atoms with Gasteiger partial charge in [0.15, 0.2) is 0 Å². The minimum atomic E-state index is -2.50. The number of fused-ring (bicyclic) bond motifs is 2. The number of phenols is 2. The van der Waals surface area contributed by atoms with Crippen LogP contribution in [0.25, 0.3) is 21.8 Å². The van der Waals surface area contributed by atoms with Gasteiger partial charge in [0, 0.05) is 60.4 Å². The van der Waals surface area contributed by atoms with Crippen LogP contribution >= 0.6 is 0 Å². The molecule has 0 fully saturated rings. The molecular formula is C31H40F4N4O2. The first kappa shape index (κ1) is 33.4. The zero-order chi connectivity index (χ0) is 30.4. The van der Waals surface area contributed by atoms with Gasteiger partial charge in [0.1, 0.15) is 11.5 Å². The molecule has 10 heteroatoms. The van der Waals surface area contributed by atoms with E-state index in [1.54, 1.807) is 41.4 Å². The minimum absolute atomic E-state index is 0.145. The lowest BCUT2D eigenvalue weighted by Crippen LogP contribution is -2.31. The summed E-state index contributed by atoms with van der Waals surface area (Å²) >= 11 is 0. The average Bonchev–Trinajstić information content (AvgIpc) is 3.56. The summed E-state index contributed by atoms with van der Waals surface area (Å²) in [7, 11) is 0. The molecule has 4 aromatic rings. The summed E-state index contributed by atoms with van der Waals surface area (Å²) in [4.78, 5) is 8.79. The number of hydrogen-bond donors (Lipinski definition) is 4. The lowest BCUT2D eigenvalue weighted by Gasteiger charge is -2.19. The number of benzene rings is 2. The number of nitrogens with zero attached hydrogens (tertiary/aromatic N) is 2. The number of nitrogens with one attached hydrogen (secondary N) is 2. The fourth-order valence-corrected chi connectivity index (χ4v) is 4.48. The Morgan fingerprint density at radius 3 is 1.71 bits per heavy atom. The van der Waals surface area contributed by atoms with Crippen LogP contribution in [0.3, 0.4) is 0 Å². The quantitative estimate of drug-likeness (QED) is 0.0764. The number of hydrogen-bond acceptors (Lipinski definition) is 4. The number of rotatable bonds is 13. The van der Waals surface area contributed by atoms with Crippen molar-refractivity contribution in [1.29, 1.82) is 0 Å². The molecule has 2 heterocycles. The topological polar surface area (TPSA) is 78.5 Å². The molecule has 0 amide bonds. The lowest BCUT2D eigenvalue weighted by molar-refractivity contribution is -0.0185. The Morgan fingerprint density at radius 1 is 0.780 bits per heavy atom. The number of aromatic nitrogens is 2. The van der Waals surface area contributed by atoms with Crippen molar-refractivity contribution in [2.75, 3.05) is 32.7 Å². The van der Waals surface area contributed by atoms with Crippen LogP contribution in [0.4, 0.5) is 17.6 Å². The standard InChI is InChI=1S/C15H18F2N2O.C14H16F2N2O.C2H6/c1-2-7-19(10-14(16)17)8-6-11-9-18-12-4-3-5-13(20)15(11)12;1-2-7-18(14(15)16)8-6-10-9-17-11-4-3-5-12(19)13(10)11;1-2/h2-5,9,14,18,20H,1,6-8,10H2;2-5,9,14,17,19H,1,6-8H2;1-2H3. The van der Waals surface area contributed by atoms with E-state index in [4.69, 9.17) is 0 Å². The Kier molecular flexibility index (Phi) is 14.0. The minimum Gasteiger partial charge on any atom is -0.507 e. The van der Waals surface area contributed by atoms with Gasteiger partial charge in [0.05, 0.1) is 6.54 Å². The van der Waals surface area contributed by atoms with E-state index in [0.29, 0.717) is 31.3 Å². The summed E-state index contributed by atoms with van der Waals surface area (Å²) in [5.41, 5.74) is 3.43. The Balaban J connectivity index is 0.000000271. The SMILES string of the molecule is C=CCN(CCc1c[nH]c2cccc(O)c12)C(F)F.C=CCN(CCc1c[nH]c2cccc(O)c12)CC(F)F.CC. The van der Waals surface area contributed by atoms with E-state index in [-0.39, 0.29) is 31.1 Å². The highest BCUT2D eigenvalue weighted by Crippen LogP contribution is 2.29. The third-order valence-corrected chi connectivity index (χ3v) is 6.32. The van der Waals surface area contributed by atoms with E-state index in [2.05, 4.69) is 23.1 Å². The number of alkyl halides is 4. The molecule has 0 radical (unpaired) electrons. The smallest absolute Gasteiger partial charge is 0.295 e. The van der Waals surface area contributed by atoms with Crippen molar-refractivity contribution in [3.8, 4) is 11.5 Å². The molecule has 4 N–H and O–H groups in total. The first-order valence-electron chi connectivity index (χ1n) is 13.6. The van der Waals surface area contributed by atoms with Crippen LogP contribution in [0.2, 0.25) is 0 Å². The molecule has 0 spiro atoms. The van der Waals surface area contributed by atoms with Crippen molar-refractivity contribution in [2.45, 2.75) is 39.7 Å². The average molecular weight is 577 g/mol. The maximum atomic E-state index is 12.7. The fraction of sp³-hybridized carbons (Fsp3) is 0.355. The first-order chi connectivity index (χ1) is 19.7. The van der Waals surface area contributed by atoms with Crippen molar-refractivity contribution in [3.05, 3.63) is 85.2 Å². The number of H-pyrrole nitrogens is 2. The summed E-state index contributed by atoms with van der Waals surface area (Å²) < 4.78 is 50.4. The molecule has 0 atom stereocenters. The van der Waals surface area contributed by atoms with Gasteiger partial charge in [-0.3, -0.25) is 4.90 Å². The molecule has 0 saturated carbocycles. The van der Waals surface area contributed by atoms with Crippen LogP contribution < -0.4 is 0 Å². The number of halogens is 4. The van der Waals surface area contributed by atoms with Crippen molar-refractivity contribution in [1.82, 2.24) is 19.8 Å². The van der Waals surface area contributed by atoms with E-state index in [9.17, 15) is 27.8 Å². The molecule has 4 rings (SSSR count). The van der Waals surface area contributed by atoms with Gasteiger partial charge in [0.25, 0.3) is 13.0 Å². The molecule has 2 aromatic carbocycles. The molecular weight excluding hydrogens is 536 g/mol. The van der Waals surface area contributed by atoms with Crippen LogP contribution in [-0.4, -0.2) is 75.7 Å². The van der Waals surface area contributed by atoms with Crippen molar-refractivity contribution >= 4 is 21.8 Å². The normalized spacial score (nSPS) is 11.2. The highest BCUT2D eigenvalue weighted by Gasteiger charge is 2.16. The zero-order valence-corrected chi connectivity index (χ0v) is 23.6. The second-order valence-corrected chi connectivity index (χ2v) is 9.03. The van der Waals surface area contributed by atoms with E-state index in [1.165, 1.54) is 6.08 Å². The van der Waals surface area contributed by atoms with Gasteiger partial charge in [-0.05, 0) is 48.2 Å². The molecule has 0 aliphatic heterocycles. The fourth-order valence-electron chi connectivity index (χ4n) is 4.48. The maximum absolute atomic E-state index is 12.7. The maximum Gasteiger partial charge on any atom is 0.295 e. The zero-order valence-electron chi connectivity index (χ0n) is 23.6. The molecule has 0 bridgehead atoms. The van der Waals surface area contributed by atoms with E-state index < -0.39 is 13.0 Å². The summed E-state index contributed by atoms with van der Waals surface area (Å²) in [6, 6.07) is 10.4. The van der Waals surface area contributed by atoms with Crippen LogP contribution in [0.1, 0.15) is 25.0 Å². The van der Waals surface area contributed by atoms with Gasteiger partial charge in [0.2, 0.25) is 0 Å². The molecule has 0 aliphatic carbocycles. The van der Waals surface area contributed by atoms with Gasteiger partial charge >= 0.3 is 0 Å². The Morgan fingerprint density at radius 2 is 1.27 bits per heavy atom. The molecule has 224 valence electrons.